The summed E-state index contributed by atoms with van der Waals surface area (Å²) >= 11 is 0. The van der Waals surface area contributed by atoms with Crippen molar-refractivity contribution in [1.29, 1.82) is 0 Å². The van der Waals surface area contributed by atoms with Gasteiger partial charge in [0.2, 0.25) is 0 Å². The summed E-state index contributed by atoms with van der Waals surface area (Å²) in [6.45, 7) is 5.55. The molecule has 0 saturated carbocycles. The van der Waals surface area contributed by atoms with Gasteiger partial charge in [0, 0.05) is 6.92 Å². The molecule has 0 rings (SSSR count). The first-order valence-electron chi connectivity index (χ1n) is 6.00. The quantitative estimate of drug-likeness (QED) is 0.347. The molecule has 0 saturated heterocycles. The monoisotopic (exact) mass is 212 g/mol. The van der Waals surface area contributed by atoms with E-state index in [1.54, 1.807) is 0 Å². The van der Waals surface area contributed by atoms with Gasteiger partial charge < -0.3 is 4.74 Å². The summed E-state index contributed by atoms with van der Waals surface area (Å²) < 4.78 is 4.97. The second kappa shape index (κ2) is 9.75. The number of rotatable bonds is 8. The molecule has 0 bridgehead atoms. The molecule has 1 unspecified atom stereocenters. The van der Waals surface area contributed by atoms with Gasteiger partial charge in [-0.05, 0) is 25.8 Å². The summed E-state index contributed by atoms with van der Waals surface area (Å²) in [5.74, 6) is -0.213. The fourth-order valence-electron chi connectivity index (χ4n) is 1.45. The highest BCUT2D eigenvalue weighted by molar-refractivity contribution is 5.66. The lowest BCUT2D eigenvalue weighted by atomic mass is 10.1. The summed E-state index contributed by atoms with van der Waals surface area (Å²) in [5.41, 5.74) is 0. The van der Waals surface area contributed by atoms with Gasteiger partial charge in [0.1, 0.15) is 6.10 Å². The van der Waals surface area contributed by atoms with Crippen molar-refractivity contribution in [2.45, 2.75) is 65.4 Å². The minimum Gasteiger partial charge on any atom is -0.459 e. The van der Waals surface area contributed by atoms with Crippen molar-refractivity contribution in [2.24, 2.45) is 0 Å². The number of esters is 1. The molecule has 0 aromatic heterocycles. The Bertz CT molecular complexity index is 185. The summed E-state index contributed by atoms with van der Waals surface area (Å²) in [6, 6.07) is 0. The average molecular weight is 212 g/mol. The van der Waals surface area contributed by atoms with E-state index in [0.717, 1.165) is 6.42 Å². The van der Waals surface area contributed by atoms with Gasteiger partial charge in [-0.3, -0.25) is 4.79 Å². The maximum atomic E-state index is 10.6. The van der Waals surface area contributed by atoms with Crippen LogP contribution in [0.1, 0.15) is 59.3 Å². The highest BCUT2D eigenvalue weighted by Gasteiger charge is 1.98. The van der Waals surface area contributed by atoms with E-state index in [1.165, 1.54) is 39.0 Å². The van der Waals surface area contributed by atoms with Crippen molar-refractivity contribution in [2.75, 3.05) is 0 Å². The Balaban J connectivity index is 3.33. The Hall–Kier alpha value is -0.790. The van der Waals surface area contributed by atoms with E-state index in [1.807, 2.05) is 13.0 Å². The van der Waals surface area contributed by atoms with Crippen LogP contribution in [0.4, 0.5) is 0 Å². The predicted octanol–water partition coefficient (Wildman–Crippen LogP) is 3.85. The van der Waals surface area contributed by atoms with Gasteiger partial charge in [-0.2, -0.15) is 0 Å². The SMILES string of the molecule is CCCCCCC/C=C/C(C)OC(C)=O. The molecule has 2 nitrogen and oxygen atoms in total. The van der Waals surface area contributed by atoms with E-state index in [2.05, 4.69) is 13.0 Å². The van der Waals surface area contributed by atoms with E-state index in [0.29, 0.717) is 0 Å². The maximum Gasteiger partial charge on any atom is 0.303 e. The lowest BCUT2D eigenvalue weighted by molar-refractivity contribution is -0.143. The number of allylic oxidation sites excluding steroid dienone is 1. The average Bonchev–Trinajstić information content (AvgIpc) is 2.15. The van der Waals surface area contributed by atoms with Crippen LogP contribution in [0.5, 0.6) is 0 Å². The predicted molar refractivity (Wildman–Crippen MR) is 63.7 cm³/mol. The minimum absolute atomic E-state index is 0.0851. The largest absolute Gasteiger partial charge is 0.459 e. The third-order valence-corrected chi connectivity index (χ3v) is 2.23. The van der Waals surface area contributed by atoms with Crippen LogP contribution < -0.4 is 0 Å². The van der Waals surface area contributed by atoms with Crippen LogP contribution in [0.15, 0.2) is 12.2 Å². The first kappa shape index (κ1) is 14.2. The number of unbranched alkanes of at least 4 members (excludes halogenated alkanes) is 5. The van der Waals surface area contributed by atoms with Crippen LogP contribution in [-0.2, 0) is 9.53 Å². The highest BCUT2D eigenvalue weighted by Crippen LogP contribution is 2.06. The second-order valence-electron chi connectivity index (χ2n) is 3.95. The van der Waals surface area contributed by atoms with E-state index < -0.39 is 0 Å². The lowest BCUT2D eigenvalue weighted by Crippen LogP contribution is -2.08. The third kappa shape index (κ3) is 11.1. The van der Waals surface area contributed by atoms with Crippen molar-refractivity contribution in [3.8, 4) is 0 Å². The fourth-order valence-corrected chi connectivity index (χ4v) is 1.45. The molecule has 2 heteroatoms. The topological polar surface area (TPSA) is 26.3 Å². The number of hydrogen-bond acceptors (Lipinski definition) is 2. The van der Waals surface area contributed by atoms with Gasteiger partial charge in [-0.25, -0.2) is 0 Å². The molecular weight excluding hydrogens is 188 g/mol. The van der Waals surface area contributed by atoms with Crippen molar-refractivity contribution >= 4 is 5.97 Å². The summed E-state index contributed by atoms with van der Waals surface area (Å²) in [4.78, 5) is 10.6. The Labute approximate surface area is 93.7 Å². The molecule has 15 heavy (non-hydrogen) atoms. The summed E-state index contributed by atoms with van der Waals surface area (Å²) in [5, 5.41) is 0. The summed E-state index contributed by atoms with van der Waals surface area (Å²) in [6.07, 6.45) is 11.6. The Morgan fingerprint density at radius 3 is 2.53 bits per heavy atom. The first-order valence-corrected chi connectivity index (χ1v) is 6.00. The molecule has 0 aliphatic heterocycles. The van der Waals surface area contributed by atoms with E-state index in [9.17, 15) is 4.79 Å². The Kier molecular flexibility index (Phi) is 9.24. The second-order valence-corrected chi connectivity index (χ2v) is 3.95. The van der Waals surface area contributed by atoms with E-state index in [4.69, 9.17) is 4.74 Å². The van der Waals surface area contributed by atoms with Crippen LogP contribution in [0.25, 0.3) is 0 Å². The van der Waals surface area contributed by atoms with Gasteiger partial charge in [-0.15, -0.1) is 0 Å². The third-order valence-electron chi connectivity index (χ3n) is 2.23. The van der Waals surface area contributed by atoms with Gasteiger partial charge >= 0.3 is 5.97 Å². The molecule has 0 aromatic rings. The molecule has 88 valence electrons. The fraction of sp³-hybridized carbons (Fsp3) is 0.769. The van der Waals surface area contributed by atoms with Crippen molar-refractivity contribution in [1.82, 2.24) is 0 Å². The number of ether oxygens (including phenoxy) is 1. The standard InChI is InChI=1S/C13H24O2/c1-4-5-6-7-8-9-10-11-12(2)15-13(3)14/h10-12H,4-9H2,1-3H3/b11-10+. The maximum absolute atomic E-state index is 10.6. The first-order chi connectivity index (χ1) is 7.16. The minimum atomic E-state index is -0.213. The zero-order valence-electron chi connectivity index (χ0n) is 10.3. The molecule has 0 aromatic carbocycles. The normalized spacial score (nSPS) is 13.0. The molecule has 0 amide bonds. The smallest absolute Gasteiger partial charge is 0.303 e. The van der Waals surface area contributed by atoms with Gasteiger partial charge in [0.25, 0.3) is 0 Å². The van der Waals surface area contributed by atoms with Crippen molar-refractivity contribution < 1.29 is 9.53 Å². The van der Waals surface area contributed by atoms with Crippen LogP contribution >= 0.6 is 0 Å². The Morgan fingerprint density at radius 2 is 1.93 bits per heavy atom. The molecule has 0 aliphatic rings. The van der Waals surface area contributed by atoms with Gasteiger partial charge in [-0.1, -0.05) is 38.7 Å². The van der Waals surface area contributed by atoms with Crippen LogP contribution in [0.2, 0.25) is 0 Å². The molecule has 0 spiro atoms. The number of carbonyl (C=O) groups is 1. The molecule has 0 N–H and O–H groups in total. The molecular formula is C13H24O2. The molecule has 0 radical (unpaired) electrons. The lowest BCUT2D eigenvalue weighted by Gasteiger charge is -2.05. The molecule has 0 aliphatic carbocycles. The van der Waals surface area contributed by atoms with E-state index >= 15 is 0 Å². The van der Waals surface area contributed by atoms with E-state index in [-0.39, 0.29) is 12.1 Å². The van der Waals surface area contributed by atoms with Gasteiger partial charge in [0.05, 0.1) is 0 Å². The zero-order chi connectivity index (χ0) is 11.5. The number of hydrogen-bond donors (Lipinski definition) is 0. The van der Waals surface area contributed by atoms with Crippen LogP contribution in [-0.4, -0.2) is 12.1 Å². The molecule has 0 fully saturated rings. The number of carbonyl (C=O) groups excluding carboxylic acids is 1. The van der Waals surface area contributed by atoms with Crippen molar-refractivity contribution in [3.63, 3.8) is 0 Å². The molecule has 0 heterocycles. The van der Waals surface area contributed by atoms with Crippen LogP contribution in [0, 0.1) is 0 Å². The molecule has 1 atom stereocenters. The highest BCUT2D eigenvalue weighted by atomic mass is 16.5. The summed E-state index contributed by atoms with van der Waals surface area (Å²) in [7, 11) is 0. The zero-order valence-corrected chi connectivity index (χ0v) is 10.3. The Morgan fingerprint density at radius 1 is 1.27 bits per heavy atom. The van der Waals surface area contributed by atoms with Crippen LogP contribution in [0.3, 0.4) is 0 Å². The van der Waals surface area contributed by atoms with Gasteiger partial charge in [0.15, 0.2) is 0 Å². The van der Waals surface area contributed by atoms with Crippen molar-refractivity contribution in [3.05, 3.63) is 12.2 Å².